The quantitative estimate of drug-likeness (QED) is 0.356. The van der Waals surface area contributed by atoms with Crippen LogP contribution < -0.4 is 10.1 Å². The van der Waals surface area contributed by atoms with Crippen LogP contribution in [-0.4, -0.2) is 46.1 Å². The van der Waals surface area contributed by atoms with E-state index in [2.05, 4.69) is 51.9 Å². The Labute approximate surface area is 191 Å². The fraction of sp³-hybridized carbons (Fsp3) is 0.545. The number of hydrogen-bond acceptors (Lipinski definition) is 3. The van der Waals surface area contributed by atoms with Crippen molar-refractivity contribution < 1.29 is 4.74 Å². The molecule has 1 fully saturated rings. The van der Waals surface area contributed by atoms with E-state index in [0.717, 1.165) is 43.3 Å². The lowest BCUT2D eigenvalue weighted by molar-refractivity contribution is 0.189. The van der Waals surface area contributed by atoms with Crippen molar-refractivity contribution in [3.8, 4) is 5.75 Å². The predicted octanol–water partition coefficient (Wildman–Crippen LogP) is 4.34. The van der Waals surface area contributed by atoms with E-state index in [-0.39, 0.29) is 30.1 Å². The smallest absolute Gasteiger partial charge is 0.194 e. The van der Waals surface area contributed by atoms with Crippen LogP contribution in [0.2, 0.25) is 0 Å². The second-order valence-electron chi connectivity index (χ2n) is 7.77. The highest BCUT2D eigenvalue weighted by atomic mass is 127. The number of rotatable bonds is 6. The van der Waals surface area contributed by atoms with Gasteiger partial charge in [0.05, 0.1) is 25.0 Å². The van der Waals surface area contributed by atoms with Gasteiger partial charge in [-0.15, -0.1) is 24.0 Å². The lowest BCUT2D eigenvalue weighted by Crippen LogP contribution is -2.49. The molecule has 2 unspecified atom stereocenters. The zero-order chi connectivity index (χ0) is 19.9. The van der Waals surface area contributed by atoms with Crippen LogP contribution in [0.5, 0.6) is 5.75 Å². The SMILES string of the molecule is CCNC(=NCc1cccc(OC(C)C)c1)N1CCC(C)C(n2ccnc2)C1.I. The lowest BCUT2D eigenvalue weighted by Gasteiger charge is -2.39. The van der Waals surface area contributed by atoms with Crippen LogP contribution in [-0.2, 0) is 6.54 Å². The van der Waals surface area contributed by atoms with E-state index in [0.29, 0.717) is 18.5 Å². The minimum atomic E-state index is 0. The van der Waals surface area contributed by atoms with Crippen LogP contribution in [0.1, 0.15) is 45.7 Å². The van der Waals surface area contributed by atoms with Crippen LogP contribution in [0.4, 0.5) is 0 Å². The number of halogens is 1. The van der Waals surface area contributed by atoms with Gasteiger partial charge >= 0.3 is 0 Å². The zero-order valence-electron chi connectivity index (χ0n) is 17.9. The van der Waals surface area contributed by atoms with E-state index < -0.39 is 0 Å². The van der Waals surface area contributed by atoms with Crippen molar-refractivity contribution in [3.05, 3.63) is 48.5 Å². The van der Waals surface area contributed by atoms with Crippen molar-refractivity contribution in [2.45, 2.75) is 52.8 Å². The molecule has 0 spiro atoms. The number of piperidine rings is 1. The molecule has 0 radical (unpaired) electrons. The third-order valence-corrected chi connectivity index (χ3v) is 5.14. The van der Waals surface area contributed by atoms with Crippen molar-refractivity contribution in [2.75, 3.05) is 19.6 Å². The molecule has 2 atom stereocenters. The summed E-state index contributed by atoms with van der Waals surface area (Å²) in [7, 11) is 0. The third-order valence-electron chi connectivity index (χ3n) is 5.14. The van der Waals surface area contributed by atoms with Crippen molar-refractivity contribution in [1.29, 1.82) is 0 Å². The van der Waals surface area contributed by atoms with Crippen molar-refractivity contribution >= 4 is 29.9 Å². The fourth-order valence-corrected chi connectivity index (χ4v) is 3.68. The first kappa shape index (κ1) is 23.5. The van der Waals surface area contributed by atoms with Gasteiger partial charge in [-0.2, -0.15) is 0 Å². The van der Waals surface area contributed by atoms with Gasteiger partial charge in [0.25, 0.3) is 0 Å². The molecule has 1 aliphatic rings. The first-order valence-electron chi connectivity index (χ1n) is 10.3. The molecule has 2 heterocycles. The van der Waals surface area contributed by atoms with Crippen LogP contribution in [0.3, 0.4) is 0 Å². The minimum absolute atomic E-state index is 0. The summed E-state index contributed by atoms with van der Waals surface area (Å²) >= 11 is 0. The molecule has 160 valence electrons. The summed E-state index contributed by atoms with van der Waals surface area (Å²) in [6.45, 7) is 12.0. The molecule has 1 aliphatic heterocycles. The molecule has 0 saturated carbocycles. The first-order chi connectivity index (χ1) is 13.6. The van der Waals surface area contributed by atoms with Gasteiger partial charge in [-0.1, -0.05) is 19.1 Å². The number of imidazole rings is 1. The van der Waals surface area contributed by atoms with Crippen LogP contribution in [0, 0.1) is 5.92 Å². The summed E-state index contributed by atoms with van der Waals surface area (Å²) < 4.78 is 8.04. The number of nitrogens with zero attached hydrogens (tertiary/aromatic N) is 4. The van der Waals surface area contributed by atoms with Gasteiger partial charge in [-0.05, 0) is 50.8 Å². The van der Waals surface area contributed by atoms with Crippen LogP contribution in [0.15, 0.2) is 48.0 Å². The molecule has 0 bridgehead atoms. The highest BCUT2D eigenvalue weighted by Gasteiger charge is 2.28. The Balaban J connectivity index is 0.00000300. The summed E-state index contributed by atoms with van der Waals surface area (Å²) in [5, 5.41) is 3.47. The van der Waals surface area contributed by atoms with E-state index in [1.807, 2.05) is 38.5 Å². The summed E-state index contributed by atoms with van der Waals surface area (Å²) in [4.78, 5) is 11.5. The number of likely N-dealkylation sites (tertiary alicyclic amines) is 1. The lowest BCUT2D eigenvalue weighted by atomic mass is 9.93. The van der Waals surface area contributed by atoms with Crippen molar-refractivity contribution in [2.24, 2.45) is 10.9 Å². The molecule has 2 aromatic rings. The fourth-order valence-electron chi connectivity index (χ4n) is 3.68. The molecule has 3 rings (SSSR count). The summed E-state index contributed by atoms with van der Waals surface area (Å²) in [6, 6.07) is 8.64. The van der Waals surface area contributed by atoms with Gasteiger partial charge in [0, 0.05) is 32.0 Å². The van der Waals surface area contributed by atoms with Gasteiger partial charge in [-0.25, -0.2) is 9.98 Å². The molecule has 1 aromatic carbocycles. The molecule has 7 heteroatoms. The number of benzene rings is 1. The van der Waals surface area contributed by atoms with Gasteiger partial charge in [0.15, 0.2) is 5.96 Å². The maximum Gasteiger partial charge on any atom is 0.194 e. The monoisotopic (exact) mass is 511 g/mol. The highest BCUT2D eigenvalue weighted by molar-refractivity contribution is 14.0. The average molecular weight is 511 g/mol. The topological polar surface area (TPSA) is 54.7 Å². The van der Waals surface area contributed by atoms with Gasteiger partial charge in [0.2, 0.25) is 0 Å². The molecule has 1 aromatic heterocycles. The van der Waals surface area contributed by atoms with Gasteiger partial charge < -0.3 is 19.5 Å². The summed E-state index contributed by atoms with van der Waals surface area (Å²) in [5.41, 5.74) is 1.16. The molecule has 1 saturated heterocycles. The number of aromatic nitrogens is 2. The van der Waals surface area contributed by atoms with Crippen molar-refractivity contribution in [3.63, 3.8) is 0 Å². The Morgan fingerprint density at radius 1 is 1.38 bits per heavy atom. The number of aliphatic imine (C=N–C) groups is 1. The highest BCUT2D eigenvalue weighted by Crippen LogP contribution is 2.27. The molecule has 0 amide bonds. The Morgan fingerprint density at radius 2 is 2.21 bits per heavy atom. The second-order valence-corrected chi connectivity index (χ2v) is 7.77. The van der Waals surface area contributed by atoms with Crippen LogP contribution >= 0.6 is 24.0 Å². The van der Waals surface area contributed by atoms with Gasteiger partial charge in [0.1, 0.15) is 5.75 Å². The minimum Gasteiger partial charge on any atom is -0.491 e. The Morgan fingerprint density at radius 3 is 2.90 bits per heavy atom. The number of hydrogen-bond donors (Lipinski definition) is 1. The Bertz CT molecular complexity index is 762. The standard InChI is InChI=1S/C22H33N5O.HI/c1-5-24-22(25-14-19-7-6-8-20(13-19)28-17(2)3)26-11-9-18(4)21(15-26)27-12-10-23-16-27;/h6-8,10,12-13,16-18,21H,5,9,11,14-15H2,1-4H3,(H,24,25);1H. The zero-order valence-corrected chi connectivity index (χ0v) is 20.2. The third kappa shape index (κ3) is 6.62. The van der Waals surface area contributed by atoms with Crippen LogP contribution in [0.25, 0.3) is 0 Å². The first-order valence-corrected chi connectivity index (χ1v) is 10.3. The van der Waals surface area contributed by atoms with E-state index in [4.69, 9.17) is 9.73 Å². The molecule has 6 nitrogen and oxygen atoms in total. The van der Waals surface area contributed by atoms with E-state index in [1.165, 1.54) is 0 Å². The Hall–Kier alpha value is -1.77. The number of guanidine groups is 1. The molecular weight excluding hydrogens is 477 g/mol. The molecule has 1 N–H and O–H groups in total. The average Bonchev–Trinajstić information content (AvgIpc) is 3.20. The predicted molar refractivity (Wildman–Crippen MR) is 129 cm³/mol. The maximum atomic E-state index is 5.81. The molecule has 29 heavy (non-hydrogen) atoms. The number of ether oxygens (including phenoxy) is 1. The normalized spacial score (nSPS) is 19.8. The second kappa shape index (κ2) is 11.4. The summed E-state index contributed by atoms with van der Waals surface area (Å²) in [6.07, 6.45) is 7.16. The summed E-state index contributed by atoms with van der Waals surface area (Å²) in [5.74, 6) is 2.51. The van der Waals surface area contributed by atoms with Crippen molar-refractivity contribution in [1.82, 2.24) is 19.8 Å². The maximum absolute atomic E-state index is 5.81. The largest absolute Gasteiger partial charge is 0.491 e. The van der Waals surface area contributed by atoms with Gasteiger partial charge in [-0.3, -0.25) is 0 Å². The molecule has 0 aliphatic carbocycles. The van der Waals surface area contributed by atoms with E-state index >= 15 is 0 Å². The number of nitrogens with one attached hydrogen (secondary N) is 1. The molecular formula is C22H34IN5O. The van der Waals surface area contributed by atoms with E-state index in [9.17, 15) is 0 Å². The Kier molecular flexibility index (Phi) is 9.26. The van der Waals surface area contributed by atoms with E-state index in [1.54, 1.807) is 0 Å².